The molecular formula is C10H23NO2. The number of ether oxygens (including phenoxy) is 1. The lowest BCUT2D eigenvalue weighted by Gasteiger charge is -2.27. The predicted octanol–water partition coefficient (Wildman–Crippen LogP) is 1.16. The molecule has 2 N–H and O–H groups in total. The summed E-state index contributed by atoms with van der Waals surface area (Å²) in [5.41, 5.74) is -0.0922. The highest BCUT2D eigenvalue weighted by molar-refractivity contribution is 4.75. The van der Waals surface area contributed by atoms with Crippen molar-refractivity contribution in [2.75, 3.05) is 13.7 Å². The second-order valence-corrected chi connectivity index (χ2v) is 4.33. The van der Waals surface area contributed by atoms with E-state index in [1.807, 2.05) is 0 Å². The molecule has 0 aliphatic rings. The number of rotatable bonds is 6. The van der Waals surface area contributed by atoms with Crippen molar-refractivity contribution >= 4 is 0 Å². The van der Waals surface area contributed by atoms with E-state index in [0.717, 1.165) is 6.42 Å². The van der Waals surface area contributed by atoms with Crippen molar-refractivity contribution in [3.05, 3.63) is 0 Å². The maximum Gasteiger partial charge on any atom is 0.0637 e. The molecule has 0 fully saturated rings. The van der Waals surface area contributed by atoms with Crippen LogP contribution in [0.15, 0.2) is 0 Å². The van der Waals surface area contributed by atoms with Crippen LogP contribution in [0.5, 0.6) is 0 Å². The summed E-state index contributed by atoms with van der Waals surface area (Å²) in [7, 11) is 1.72. The molecule has 0 unspecified atom stereocenters. The van der Waals surface area contributed by atoms with Gasteiger partial charge in [0.1, 0.15) is 0 Å². The van der Waals surface area contributed by atoms with Gasteiger partial charge in [0.05, 0.1) is 11.7 Å². The van der Waals surface area contributed by atoms with Crippen LogP contribution in [0.4, 0.5) is 0 Å². The monoisotopic (exact) mass is 189 g/mol. The first-order valence-corrected chi connectivity index (χ1v) is 4.84. The van der Waals surface area contributed by atoms with Crippen molar-refractivity contribution in [1.29, 1.82) is 0 Å². The van der Waals surface area contributed by atoms with Crippen LogP contribution < -0.4 is 5.32 Å². The molecule has 0 aliphatic carbocycles. The number of hydrogen-bond acceptors (Lipinski definition) is 3. The van der Waals surface area contributed by atoms with Crippen LogP contribution in [-0.4, -0.2) is 36.5 Å². The molecule has 0 heterocycles. The molecule has 3 heteroatoms. The third-order valence-corrected chi connectivity index (χ3v) is 2.11. The van der Waals surface area contributed by atoms with E-state index in [9.17, 15) is 0 Å². The predicted molar refractivity (Wildman–Crippen MR) is 54.9 cm³/mol. The average Bonchev–Trinajstić information content (AvgIpc) is 2.00. The van der Waals surface area contributed by atoms with Gasteiger partial charge in [0.2, 0.25) is 0 Å². The van der Waals surface area contributed by atoms with E-state index in [-0.39, 0.29) is 11.7 Å². The number of nitrogens with one attached hydrogen (secondary N) is 1. The Morgan fingerprint density at radius 1 is 1.38 bits per heavy atom. The van der Waals surface area contributed by atoms with Gasteiger partial charge in [0, 0.05) is 19.7 Å². The van der Waals surface area contributed by atoms with Crippen molar-refractivity contribution in [2.45, 2.75) is 51.9 Å². The quantitative estimate of drug-likeness (QED) is 0.659. The normalized spacial score (nSPS) is 17.1. The fourth-order valence-electron chi connectivity index (χ4n) is 1.26. The fourth-order valence-corrected chi connectivity index (χ4v) is 1.26. The third kappa shape index (κ3) is 6.99. The number of aliphatic hydroxyl groups is 1. The van der Waals surface area contributed by atoms with Crippen molar-refractivity contribution < 1.29 is 9.84 Å². The molecule has 0 rings (SSSR count). The van der Waals surface area contributed by atoms with Crippen LogP contribution in [0.1, 0.15) is 34.1 Å². The minimum absolute atomic E-state index is 0.0922. The van der Waals surface area contributed by atoms with Crippen molar-refractivity contribution in [3.63, 3.8) is 0 Å². The topological polar surface area (TPSA) is 41.5 Å². The summed E-state index contributed by atoms with van der Waals surface area (Å²) in [4.78, 5) is 0. The Kier molecular flexibility index (Phi) is 5.53. The number of hydrogen-bond donors (Lipinski definition) is 2. The zero-order valence-electron chi connectivity index (χ0n) is 9.42. The summed E-state index contributed by atoms with van der Waals surface area (Å²) in [6.45, 7) is 8.65. The van der Waals surface area contributed by atoms with Crippen LogP contribution in [0, 0.1) is 0 Å². The van der Waals surface area contributed by atoms with Crippen molar-refractivity contribution in [2.24, 2.45) is 0 Å². The Labute approximate surface area is 81.5 Å². The van der Waals surface area contributed by atoms with Gasteiger partial charge in [0.15, 0.2) is 0 Å². The lowest BCUT2D eigenvalue weighted by molar-refractivity contribution is 0.00772. The van der Waals surface area contributed by atoms with Gasteiger partial charge in [-0.15, -0.1) is 0 Å². The van der Waals surface area contributed by atoms with Gasteiger partial charge in [0.25, 0.3) is 0 Å². The van der Waals surface area contributed by atoms with Crippen LogP contribution in [-0.2, 0) is 4.74 Å². The summed E-state index contributed by atoms with van der Waals surface area (Å²) in [6, 6.07) is 0.365. The Bertz CT molecular complexity index is 135. The number of methoxy groups -OCH3 is 1. The highest BCUT2D eigenvalue weighted by Gasteiger charge is 2.19. The Morgan fingerprint density at radius 3 is 2.31 bits per heavy atom. The molecule has 0 saturated carbocycles. The molecule has 0 saturated heterocycles. The zero-order valence-corrected chi connectivity index (χ0v) is 9.42. The second kappa shape index (κ2) is 5.58. The maximum atomic E-state index is 9.06. The van der Waals surface area contributed by atoms with Gasteiger partial charge in [-0.2, -0.15) is 0 Å². The molecule has 13 heavy (non-hydrogen) atoms. The van der Waals surface area contributed by atoms with Crippen LogP contribution in [0.25, 0.3) is 0 Å². The Morgan fingerprint density at radius 2 is 1.92 bits per heavy atom. The molecule has 0 radical (unpaired) electrons. The average molecular weight is 189 g/mol. The molecule has 0 bridgehead atoms. The summed E-state index contributed by atoms with van der Waals surface area (Å²) in [6.07, 6.45) is 0.657. The highest BCUT2D eigenvalue weighted by Crippen LogP contribution is 2.15. The van der Waals surface area contributed by atoms with Crippen molar-refractivity contribution in [3.8, 4) is 0 Å². The van der Waals surface area contributed by atoms with Gasteiger partial charge in [-0.1, -0.05) is 0 Å². The summed E-state index contributed by atoms with van der Waals surface area (Å²) >= 11 is 0. The summed E-state index contributed by atoms with van der Waals surface area (Å²) in [5, 5.41) is 12.3. The van der Waals surface area contributed by atoms with Gasteiger partial charge < -0.3 is 15.2 Å². The van der Waals surface area contributed by atoms with Gasteiger partial charge in [-0.25, -0.2) is 0 Å². The van der Waals surface area contributed by atoms with E-state index in [0.29, 0.717) is 12.6 Å². The maximum absolute atomic E-state index is 9.06. The first-order valence-electron chi connectivity index (χ1n) is 4.84. The Balaban J connectivity index is 3.67. The van der Waals surface area contributed by atoms with E-state index in [1.165, 1.54) is 0 Å². The van der Waals surface area contributed by atoms with Gasteiger partial charge >= 0.3 is 0 Å². The van der Waals surface area contributed by atoms with E-state index in [2.05, 4.69) is 26.1 Å². The first-order chi connectivity index (χ1) is 5.87. The van der Waals surface area contributed by atoms with Crippen molar-refractivity contribution in [1.82, 2.24) is 5.32 Å². The minimum Gasteiger partial charge on any atom is -0.392 e. The third-order valence-electron chi connectivity index (χ3n) is 2.11. The molecule has 0 aromatic carbocycles. The largest absolute Gasteiger partial charge is 0.392 e. The summed E-state index contributed by atoms with van der Waals surface area (Å²) in [5.74, 6) is 0. The van der Waals surface area contributed by atoms with E-state index in [1.54, 1.807) is 14.0 Å². The van der Waals surface area contributed by atoms with Gasteiger partial charge in [-0.05, 0) is 34.1 Å². The second-order valence-electron chi connectivity index (χ2n) is 4.33. The van der Waals surface area contributed by atoms with E-state index in [4.69, 9.17) is 9.84 Å². The van der Waals surface area contributed by atoms with Gasteiger partial charge in [-0.3, -0.25) is 0 Å². The smallest absolute Gasteiger partial charge is 0.0637 e. The molecular weight excluding hydrogens is 166 g/mol. The molecule has 0 spiro atoms. The molecule has 0 amide bonds. The number of aliphatic hydroxyl groups excluding tert-OH is 1. The van der Waals surface area contributed by atoms with E-state index < -0.39 is 0 Å². The lowest BCUT2D eigenvalue weighted by Crippen LogP contribution is -2.38. The van der Waals surface area contributed by atoms with Crippen LogP contribution >= 0.6 is 0 Å². The standard InChI is InChI=1S/C10H23NO2/c1-8(11-7-9(2)12)6-10(3,4)13-5/h8-9,11-12H,6-7H2,1-5H3/t8-,9+/m1/s1. The highest BCUT2D eigenvalue weighted by atomic mass is 16.5. The molecule has 0 aromatic heterocycles. The summed E-state index contributed by atoms with van der Waals surface area (Å²) < 4.78 is 5.31. The molecule has 0 aliphatic heterocycles. The lowest BCUT2D eigenvalue weighted by atomic mass is 10.00. The SMILES string of the molecule is COC(C)(C)C[C@@H](C)NC[C@H](C)O. The molecule has 80 valence electrons. The molecule has 3 nitrogen and oxygen atoms in total. The van der Waals surface area contributed by atoms with E-state index >= 15 is 0 Å². The first kappa shape index (κ1) is 12.9. The van der Waals surface area contributed by atoms with Crippen LogP contribution in [0.2, 0.25) is 0 Å². The zero-order chi connectivity index (χ0) is 10.5. The Hall–Kier alpha value is -0.120. The minimum atomic E-state index is -0.284. The fraction of sp³-hybridized carbons (Fsp3) is 1.00. The molecule has 2 atom stereocenters. The van der Waals surface area contributed by atoms with Crippen LogP contribution in [0.3, 0.4) is 0 Å². The molecule has 0 aromatic rings.